The maximum absolute atomic E-state index is 5.31. The van der Waals surface area contributed by atoms with E-state index in [0.717, 1.165) is 23.7 Å². The van der Waals surface area contributed by atoms with E-state index in [4.69, 9.17) is 4.74 Å². The quantitative estimate of drug-likeness (QED) is 0.679. The van der Waals surface area contributed by atoms with E-state index in [2.05, 4.69) is 11.9 Å². The highest BCUT2D eigenvalue weighted by atomic mass is 16.5. The van der Waals surface area contributed by atoms with E-state index in [0.29, 0.717) is 0 Å². The number of hydrogen-bond donors (Lipinski definition) is 0. The third-order valence-electron chi connectivity index (χ3n) is 2.82. The summed E-state index contributed by atoms with van der Waals surface area (Å²) in [5, 5.41) is 0. The van der Waals surface area contributed by atoms with E-state index in [1.165, 1.54) is 25.7 Å². The zero-order valence-corrected chi connectivity index (χ0v) is 11.5. The molecule has 0 saturated carbocycles. The Bertz CT molecular complexity index is 337. The molecule has 0 fully saturated rings. The predicted octanol–water partition coefficient (Wildman–Crippen LogP) is 3.28. The topological polar surface area (TPSA) is 25.4 Å². The Morgan fingerprint density at radius 1 is 1.18 bits per heavy atom. The molecule has 0 unspecified atom stereocenters. The van der Waals surface area contributed by atoms with Crippen LogP contribution in [0.3, 0.4) is 0 Å². The van der Waals surface area contributed by atoms with E-state index >= 15 is 0 Å². The summed E-state index contributed by atoms with van der Waals surface area (Å²) >= 11 is 0. The van der Waals surface area contributed by atoms with Gasteiger partial charge in [-0.2, -0.15) is 0 Å². The molecule has 0 saturated heterocycles. The van der Waals surface area contributed by atoms with Crippen LogP contribution in [-0.4, -0.2) is 26.2 Å². The molecule has 1 aromatic rings. The average molecular weight is 236 g/mol. The first-order valence-electron chi connectivity index (χ1n) is 6.39. The molecule has 3 heteroatoms. The van der Waals surface area contributed by atoms with Gasteiger partial charge < -0.3 is 9.64 Å². The third kappa shape index (κ3) is 4.63. The number of anilines is 1. The number of nitrogens with zero attached hydrogens (tertiary/aromatic N) is 2. The molecule has 0 bridgehead atoms. The summed E-state index contributed by atoms with van der Waals surface area (Å²) in [5.74, 6) is 1.86. The standard InChI is InChI=1S/C14H24N2O/c1-5-6-7-8-9-12-10-13(17-4)11-14(15-12)16(2)3/h10-11H,5-9H2,1-4H3. The van der Waals surface area contributed by atoms with Crippen molar-refractivity contribution in [3.8, 4) is 5.75 Å². The van der Waals surface area contributed by atoms with Crippen molar-refractivity contribution < 1.29 is 4.74 Å². The molecule has 0 aliphatic heterocycles. The minimum Gasteiger partial charge on any atom is -0.497 e. The molecule has 0 aromatic carbocycles. The molecule has 0 atom stereocenters. The first kappa shape index (κ1) is 13.8. The maximum atomic E-state index is 5.31. The lowest BCUT2D eigenvalue weighted by Crippen LogP contribution is -2.11. The van der Waals surface area contributed by atoms with E-state index in [1.807, 2.05) is 31.1 Å². The molecule has 0 spiro atoms. The lowest BCUT2D eigenvalue weighted by Gasteiger charge is -2.14. The number of aromatic nitrogens is 1. The Balaban J connectivity index is 2.66. The minimum atomic E-state index is 0.897. The van der Waals surface area contributed by atoms with Crippen LogP contribution in [0.1, 0.15) is 38.3 Å². The fourth-order valence-corrected chi connectivity index (χ4v) is 1.75. The number of rotatable bonds is 7. The van der Waals surface area contributed by atoms with Crippen LogP contribution < -0.4 is 9.64 Å². The van der Waals surface area contributed by atoms with Crippen LogP contribution in [0.4, 0.5) is 5.82 Å². The zero-order valence-electron chi connectivity index (χ0n) is 11.5. The Morgan fingerprint density at radius 3 is 2.53 bits per heavy atom. The van der Waals surface area contributed by atoms with Gasteiger partial charge in [0.25, 0.3) is 0 Å². The highest BCUT2D eigenvalue weighted by Gasteiger charge is 2.04. The molecule has 0 N–H and O–H groups in total. The van der Waals surface area contributed by atoms with Gasteiger partial charge in [0, 0.05) is 31.9 Å². The van der Waals surface area contributed by atoms with Crippen LogP contribution in [0.2, 0.25) is 0 Å². The number of aryl methyl sites for hydroxylation is 1. The third-order valence-corrected chi connectivity index (χ3v) is 2.82. The lowest BCUT2D eigenvalue weighted by molar-refractivity contribution is 0.413. The van der Waals surface area contributed by atoms with E-state index in [9.17, 15) is 0 Å². The van der Waals surface area contributed by atoms with Crippen LogP contribution in [0.25, 0.3) is 0 Å². The summed E-state index contributed by atoms with van der Waals surface area (Å²) in [6, 6.07) is 4.01. The number of unbranched alkanes of at least 4 members (excludes halogenated alkanes) is 3. The highest BCUT2D eigenvalue weighted by Crippen LogP contribution is 2.20. The molecule has 0 radical (unpaired) electrons. The van der Waals surface area contributed by atoms with Crippen LogP contribution in [-0.2, 0) is 6.42 Å². The summed E-state index contributed by atoms with van der Waals surface area (Å²) in [5.41, 5.74) is 1.13. The van der Waals surface area contributed by atoms with E-state index in [1.54, 1.807) is 7.11 Å². The average Bonchev–Trinajstić information content (AvgIpc) is 2.34. The van der Waals surface area contributed by atoms with Crippen molar-refractivity contribution >= 4 is 5.82 Å². The molecular formula is C14H24N2O. The summed E-state index contributed by atoms with van der Waals surface area (Å²) in [4.78, 5) is 6.64. The number of ether oxygens (including phenoxy) is 1. The summed E-state index contributed by atoms with van der Waals surface area (Å²) in [7, 11) is 5.71. The van der Waals surface area contributed by atoms with Gasteiger partial charge in [0.1, 0.15) is 11.6 Å². The van der Waals surface area contributed by atoms with Gasteiger partial charge in [0.15, 0.2) is 0 Å². The van der Waals surface area contributed by atoms with Crippen LogP contribution in [0.5, 0.6) is 5.75 Å². The van der Waals surface area contributed by atoms with Gasteiger partial charge >= 0.3 is 0 Å². The van der Waals surface area contributed by atoms with Gasteiger partial charge in [0.05, 0.1) is 7.11 Å². The van der Waals surface area contributed by atoms with Crippen molar-refractivity contribution in [1.82, 2.24) is 4.98 Å². The second-order valence-corrected chi connectivity index (χ2v) is 4.56. The van der Waals surface area contributed by atoms with E-state index < -0.39 is 0 Å². The van der Waals surface area contributed by atoms with Crippen molar-refractivity contribution in [2.24, 2.45) is 0 Å². The van der Waals surface area contributed by atoms with Gasteiger partial charge in [-0.25, -0.2) is 4.98 Å². The SMILES string of the molecule is CCCCCCc1cc(OC)cc(N(C)C)n1. The lowest BCUT2D eigenvalue weighted by atomic mass is 10.1. The largest absolute Gasteiger partial charge is 0.497 e. The number of pyridine rings is 1. The first-order valence-corrected chi connectivity index (χ1v) is 6.39. The Hall–Kier alpha value is -1.25. The van der Waals surface area contributed by atoms with Crippen molar-refractivity contribution in [2.75, 3.05) is 26.1 Å². The molecule has 3 nitrogen and oxygen atoms in total. The normalized spacial score (nSPS) is 10.4. The molecule has 1 rings (SSSR count). The molecule has 17 heavy (non-hydrogen) atoms. The van der Waals surface area contributed by atoms with Gasteiger partial charge in [-0.15, -0.1) is 0 Å². The Labute approximate surface area is 105 Å². The van der Waals surface area contributed by atoms with Gasteiger partial charge in [-0.05, 0) is 12.8 Å². The van der Waals surface area contributed by atoms with Crippen LogP contribution in [0.15, 0.2) is 12.1 Å². The van der Waals surface area contributed by atoms with Gasteiger partial charge in [-0.3, -0.25) is 0 Å². The summed E-state index contributed by atoms with van der Waals surface area (Å²) < 4.78 is 5.31. The zero-order chi connectivity index (χ0) is 12.7. The first-order chi connectivity index (χ1) is 8.17. The molecule has 0 aliphatic rings. The fraction of sp³-hybridized carbons (Fsp3) is 0.643. The number of hydrogen-bond acceptors (Lipinski definition) is 3. The van der Waals surface area contributed by atoms with Crippen molar-refractivity contribution in [1.29, 1.82) is 0 Å². The fourth-order valence-electron chi connectivity index (χ4n) is 1.75. The molecule has 1 aromatic heterocycles. The van der Waals surface area contributed by atoms with Crippen molar-refractivity contribution in [3.05, 3.63) is 17.8 Å². The molecule has 0 aliphatic carbocycles. The van der Waals surface area contributed by atoms with Crippen molar-refractivity contribution in [3.63, 3.8) is 0 Å². The minimum absolute atomic E-state index is 0.897. The predicted molar refractivity (Wildman–Crippen MR) is 73.0 cm³/mol. The smallest absolute Gasteiger partial charge is 0.132 e. The second kappa shape index (κ2) is 7.15. The Morgan fingerprint density at radius 2 is 1.94 bits per heavy atom. The summed E-state index contributed by atoms with van der Waals surface area (Å²) in [6.07, 6.45) is 6.12. The molecule has 0 amide bonds. The summed E-state index contributed by atoms with van der Waals surface area (Å²) in [6.45, 7) is 2.23. The monoisotopic (exact) mass is 236 g/mol. The van der Waals surface area contributed by atoms with E-state index in [-0.39, 0.29) is 0 Å². The van der Waals surface area contributed by atoms with Gasteiger partial charge in [-0.1, -0.05) is 26.2 Å². The highest BCUT2D eigenvalue weighted by molar-refractivity contribution is 5.44. The molecule has 96 valence electrons. The number of methoxy groups -OCH3 is 1. The van der Waals surface area contributed by atoms with Crippen LogP contribution >= 0.6 is 0 Å². The second-order valence-electron chi connectivity index (χ2n) is 4.56. The van der Waals surface area contributed by atoms with Crippen molar-refractivity contribution in [2.45, 2.75) is 39.0 Å². The Kier molecular flexibility index (Phi) is 5.81. The van der Waals surface area contributed by atoms with Gasteiger partial charge in [0.2, 0.25) is 0 Å². The molecular weight excluding hydrogens is 212 g/mol. The van der Waals surface area contributed by atoms with Crippen LogP contribution in [0, 0.1) is 0 Å². The maximum Gasteiger partial charge on any atom is 0.132 e. The molecule has 1 heterocycles.